The molecule has 0 atom stereocenters. The maximum Gasteiger partial charge on any atom is 0.311 e. The van der Waals surface area contributed by atoms with Crippen molar-refractivity contribution in [1.82, 2.24) is 9.88 Å². The molecule has 0 bridgehead atoms. The van der Waals surface area contributed by atoms with Crippen LogP contribution >= 0.6 is 0 Å². The van der Waals surface area contributed by atoms with Crippen molar-refractivity contribution < 1.29 is 4.92 Å². The third-order valence-electron chi connectivity index (χ3n) is 2.48. The van der Waals surface area contributed by atoms with Crippen LogP contribution in [0.5, 0.6) is 0 Å². The number of hydrogen-bond donors (Lipinski definition) is 2. The van der Waals surface area contributed by atoms with Gasteiger partial charge in [-0.3, -0.25) is 10.1 Å². The van der Waals surface area contributed by atoms with Gasteiger partial charge in [-0.05, 0) is 26.6 Å². The lowest BCUT2D eigenvalue weighted by Crippen LogP contribution is -2.21. The van der Waals surface area contributed by atoms with Gasteiger partial charge in [-0.2, -0.15) is 0 Å². The van der Waals surface area contributed by atoms with Gasteiger partial charge in [0.1, 0.15) is 5.82 Å². The molecule has 19 heavy (non-hydrogen) atoms. The van der Waals surface area contributed by atoms with E-state index in [1.54, 1.807) is 6.07 Å². The number of hydrogen-bond acceptors (Lipinski definition) is 6. The molecule has 0 aromatic carbocycles. The molecule has 7 nitrogen and oxygen atoms in total. The number of pyridine rings is 1. The van der Waals surface area contributed by atoms with Gasteiger partial charge in [-0.1, -0.05) is 6.92 Å². The third kappa shape index (κ3) is 5.09. The Balaban J connectivity index is 2.79. The summed E-state index contributed by atoms with van der Waals surface area (Å²) >= 11 is 0. The molecular weight excluding hydrogens is 246 g/mol. The van der Waals surface area contributed by atoms with Crippen LogP contribution in [0.3, 0.4) is 0 Å². The summed E-state index contributed by atoms with van der Waals surface area (Å²) in [5.74, 6) is 0.966. The Kier molecular flexibility index (Phi) is 6.01. The summed E-state index contributed by atoms with van der Waals surface area (Å²) in [6.45, 7) is 4.24. The van der Waals surface area contributed by atoms with Crippen molar-refractivity contribution >= 4 is 17.3 Å². The number of nitro groups is 1. The second-order valence-electron chi connectivity index (χ2n) is 4.48. The second-order valence-corrected chi connectivity index (χ2v) is 4.48. The van der Waals surface area contributed by atoms with Gasteiger partial charge in [0.15, 0.2) is 0 Å². The van der Waals surface area contributed by atoms with Crippen molar-refractivity contribution in [2.45, 2.75) is 13.3 Å². The van der Waals surface area contributed by atoms with E-state index in [0.717, 1.165) is 19.5 Å². The Hall–Kier alpha value is -1.89. The molecule has 0 amide bonds. The Bertz CT molecular complexity index is 423. The summed E-state index contributed by atoms with van der Waals surface area (Å²) in [6, 6.07) is 3.11. The number of anilines is 2. The van der Waals surface area contributed by atoms with Crippen molar-refractivity contribution in [3.05, 3.63) is 22.2 Å². The zero-order valence-electron chi connectivity index (χ0n) is 11.6. The van der Waals surface area contributed by atoms with Crippen LogP contribution in [0.4, 0.5) is 17.3 Å². The normalized spacial score (nSPS) is 10.5. The van der Waals surface area contributed by atoms with E-state index < -0.39 is 4.92 Å². The summed E-state index contributed by atoms with van der Waals surface area (Å²) in [6.07, 6.45) is 0.974. The number of rotatable bonds is 8. The van der Waals surface area contributed by atoms with Gasteiger partial charge in [0.05, 0.1) is 4.92 Å². The maximum absolute atomic E-state index is 10.9. The van der Waals surface area contributed by atoms with E-state index in [2.05, 4.69) is 22.5 Å². The quantitative estimate of drug-likeness (QED) is 0.552. The molecule has 0 saturated carbocycles. The van der Waals surface area contributed by atoms with Crippen LogP contribution in [-0.2, 0) is 0 Å². The molecular formula is C12H21N5O2. The monoisotopic (exact) mass is 267 g/mol. The third-order valence-corrected chi connectivity index (χ3v) is 2.48. The molecule has 0 aliphatic carbocycles. The highest BCUT2D eigenvalue weighted by molar-refractivity contribution is 5.60. The minimum absolute atomic E-state index is 0.000745. The van der Waals surface area contributed by atoms with Gasteiger partial charge < -0.3 is 15.5 Å². The summed E-state index contributed by atoms with van der Waals surface area (Å²) < 4.78 is 0. The van der Waals surface area contributed by atoms with Crippen LogP contribution in [0.2, 0.25) is 0 Å². The minimum atomic E-state index is -0.422. The SMILES string of the molecule is CCCNc1ccc([N+](=O)[O-])c(NCCN(C)C)n1. The van der Waals surface area contributed by atoms with Crippen LogP contribution in [0, 0.1) is 10.1 Å². The average Bonchev–Trinajstić information content (AvgIpc) is 2.35. The first-order valence-electron chi connectivity index (χ1n) is 6.32. The molecule has 7 heteroatoms. The van der Waals surface area contributed by atoms with Crippen LogP contribution in [0.25, 0.3) is 0 Å². The number of nitrogens with one attached hydrogen (secondary N) is 2. The van der Waals surface area contributed by atoms with E-state index in [1.807, 2.05) is 19.0 Å². The Morgan fingerprint density at radius 1 is 1.32 bits per heavy atom. The van der Waals surface area contributed by atoms with Gasteiger partial charge >= 0.3 is 5.69 Å². The first kappa shape index (κ1) is 15.2. The van der Waals surface area contributed by atoms with E-state index in [9.17, 15) is 10.1 Å². The van der Waals surface area contributed by atoms with Crippen molar-refractivity contribution in [2.24, 2.45) is 0 Å². The van der Waals surface area contributed by atoms with Gasteiger partial charge in [0.25, 0.3) is 0 Å². The lowest BCUT2D eigenvalue weighted by molar-refractivity contribution is -0.384. The molecule has 0 unspecified atom stereocenters. The van der Waals surface area contributed by atoms with Gasteiger partial charge in [-0.25, -0.2) is 4.98 Å². The zero-order chi connectivity index (χ0) is 14.3. The summed E-state index contributed by atoms with van der Waals surface area (Å²) in [4.78, 5) is 16.8. The fraction of sp³-hybridized carbons (Fsp3) is 0.583. The van der Waals surface area contributed by atoms with E-state index >= 15 is 0 Å². The van der Waals surface area contributed by atoms with Gasteiger partial charge in [0, 0.05) is 25.7 Å². The number of nitrogens with zero attached hydrogens (tertiary/aromatic N) is 3. The molecule has 1 aromatic rings. The van der Waals surface area contributed by atoms with Crippen LogP contribution in [0.1, 0.15) is 13.3 Å². The molecule has 0 aliphatic heterocycles. The first-order valence-corrected chi connectivity index (χ1v) is 6.32. The predicted molar refractivity (Wildman–Crippen MR) is 76.7 cm³/mol. The average molecular weight is 267 g/mol. The van der Waals surface area contributed by atoms with Crippen molar-refractivity contribution in [3.8, 4) is 0 Å². The molecule has 0 fully saturated rings. The zero-order valence-corrected chi connectivity index (χ0v) is 11.6. The van der Waals surface area contributed by atoms with E-state index in [4.69, 9.17) is 0 Å². The highest BCUT2D eigenvalue weighted by Gasteiger charge is 2.15. The standard InChI is InChI=1S/C12H21N5O2/c1-4-7-13-11-6-5-10(17(18)19)12(15-11)14-8-9-16(2)3/h5-6H,4,7-9H2,1-3H3,(H2,13,14,15). The molecule has 1 heterocycles. The fourth-order valence-electron chi connectivity index (χ4n) is 1.48. The van der Waals surface area contributed by atoms with Crippen molar-refractivity contribution in [3.63, 3.8) is 0 Å². The molecule has 0 aliphatic rings. The van der Waals surface area contributed by atoms with Crippen LogP contribution in [0.15, 0.2) is 12.1 Å². The summed E-state index contributed by atoms with van der Waals surface area (Å²) in [5, 5.41) is 17.1. The first-order chi connectivity index (χ1) is 9.04. The minimum Gasteiger partial charge on any atom is -0.370 e. The molecule has 0 radical (unpaired) electrons. The largest absolute Gasteiger partial charge is 0.370 e. The number of aromatic nitrogens is 1. The van der Waals surface area contributed by atoms with E-state index in [1.165, 1.54) is 6.07 Å². The van der Waals surface area contributed by atoms with Gasteiger partial charge in [-0.15, -0.1) is 0 Å². The lowest BCUT2D eigenvalue weighted by atomic mass is 10.3. The molecule has 106 valence electrons. The second kappa shape index (κ2) is 7.52. The summed E-state index contributed by atoms with van der Waals surface area (Å²) in [7, 11) is 3.89. The van der Waals surface area contributed by atoms with Crippen LogP contribution in [-0.4, -0.2) is 48.5 Å². The topological polar surface area (TPSA) is 83.3 Å². The van der Waals surface area contributed by atoms with Crippen molar-refractivity contribution in [2.75, 3.05) is 44.4 Å². The lowest BCUT2D eigenvalue weighted by Gasteiger charge is -2.12. The highest BCUT2D eigenvalue weighted by atomic mass is 16.6. The Labute approximate surface area is 113 Å². The predicted octanol–water partition coefficient (Wildman–Crippen LogP) is 1.79. The Morgan fingerprint density at radius 2 is 2.05 bits per heavy atom. The smallest absolute Gasteiger partial charge is 0.311 e. The number of likely N-dealkylation sites (N-methyl/N-ethyl adjacent to an activating group) is 1. The van der Waals surface area contributed by atoms with E-state index in [-0.39, 0.29) is 5.69 Å². The maximum atomic E-state index is 10.9. The fourth-order valence-corrected chi connectivity index (χ4v) is 1.48. The van der Waals surface area contributed by atoms with Crippen molar-refractivity contribution in [1.29, 1.82) is 0 Å². The summed E-state index contributed by atoms with van der Waals surface area (Å²) in [5.41, 5.74) is 0.000745. The molecule has 1 aromatic heterocycles. The molecule has 0 spiro atoms. The Morgan fingerprint density at radius 3 is 2.63 bits per heavy atom. The molecule has 0 saturated heterocycles. The molecule has 2 N–H and O–H groups in total. The van der Waals surface area contributed by atoms with Gasteiger partial charge in [0.2, 0.25) is 5.82 Å². The van der Waals surface area contributed by atoms with Crippen LogP contribution < -0.4 is 10.6 Å². The molecule has 1 rings (SSSR count). The highest BCUT2D eigenvalue weighted by Crippen LogP contribution is 2.23. The van der Waals surface area contributed by atoms with E-state index in [0.29, 0.717) is 18.2 Å².